The second-order valence-electron chi connectivity index (χ2n) is 6.42. The summed E-state index contributed by atoms with van der Waals surface area (Å²) in [5, 5.41) is 13.3. The molecule has 154 valence electrons. The van der Waals surface area contributed by atoms with Crippen LogP contribution in [0.3, 0.4) is 0 Å². The zero-order valence-electron chi connectivity index (χ0n) is 15.8. The molecular formula is C20H16ClN3O5S. The predicted molar refractivity (Wildman–Crippen MR) is 114 cm³/mol. The first-order valence-electron chi connectivity index (χ1n) is 8.80. The molecule has 1 saturated heterocycles. The first-order valence-corrected chi connectivity index (χ1v) is 10.00. The quantitative estimate of drug-likeness (QED) is 0.408. The lowest BCUT2D eigenvalue weighted by Crippen LogP contribution is -2.37. The van der Waals surface area contributed by atoms with Crippen molar-refractivity contribution in [2.24, 2.45) is 0 Å². The van der Waals surface area contributed by atoms with Gasteiger partial charge in [-0.15, -0.1) is 0 Å². The SMILES string of the molecule is Cc1ccc(/C=C2\SC(=O)N(CCNC(=O)c3ccc(Cl)cc3[N+](=O)[O-])C2=O)cc1. The third-order valence-corrected chi connectivity index (χ3v) is 5.41. The fraction of sp³-hybridized carbons (Fsp3) is 0.150. The van der Waals surface area contributed by atoms with Gasteiger partial charge in [0.25, 0.3) is 22.7 Å². The van der Waals surface area contributed by atoms with Crippen LogP contribution in [0.25, 0.3) is 6.08 Å². The van der Waals surface area contributed by atoms with Gasteiger partial charge in [-0.1, -0.05) is 41.4 Å². The molecule has 2 aromatic rings. The molecule has 0 aliphatic carbocycles. The van der Waals surface area contributed by atoms with E-state index in [1.165, 1.54) is 12.1 Å². The lowest BCUT2D eigenvalue weighted by Gasteiger charge is -2.13. The third kappa shape index (κ3) is 4.87. The van der Waals surface area contributed by atoms with Gasteiger partial charge in [-0.05, 0) is 42.5 Å². The van der Waals surface area contributed by atoms with Gasteiger partial charge in [0.05, 0.1) is 9.83 Å². The molecule has 1 aliphatic rings. The van der Waals surface area contributed by atoms with Gasteiger partial charge in [-0.25, -0.2) is 0 Å². The number of thioether (sulfide) groups is 1. The zero-order valence-corrected chi connectivity index (χ0v) is 17.3. The standard InChI is InChI=1S/C20H16ClN3O5S/c1-12-2-4-13(5-3-12)10-17-19(26)23(20(27)30-17)9-8-22-18(25)15-7-6-14(21)11-16(15)24(28)29/h2-7,10-11H,8-9H2,1H3,(H,22,25)/b17-10-. The molecular weight excluding hydrogens is 430 g/mol. The van der Waals surface area contributed by atoms with Crippen molar-refractivity contribution in [2.75, 3.05) is 13.1 Å². The fourth-order valence-electron chi connectivity index (χ4n) is 2.73. The van der Waals surface area contributed by atoms with Gasteiger partial charge < -0.3 is 5.32 Å². The van der Waals surface area contributed by atoms with Crippen LogP contribution in [0.4, 0.5) is 10.5 Å². The van der Waals surface area contributed by atoms with Crippen molar-refractivity contribution in [1.82, 2.24) is 10.2 Å². The molecule has 1 N–H and O–H groups in total. The molecule has 0 saturated carbocycles. The average Bonchev–Trinajstić information content (AvgIpc) is 2.96. The maximum absolute atomic E-state index is 12.5. The lowest BCUT2D eigenvalue weighted by molar-refractivity contribution is -0.385. The Labute approximate surface area is 181 Å². The van der Waals surface area contributed by atoms with E-state index in [4.69, 9.17) is 11.6 Å². The molecule has 0 spiro atoms. The Morgan fingerprint density at radius 1 is 1.23 bits per heavy atom. The van der Waals surface area contributed by atoms with Crippen LogP contribution >= 0.6 is 23.4 Å². The number of hydrogen-bond donors (Lipinski definition) is 1. The molecule has 1 aliphatic heterocycles. The van der Waals surface area contributed by atoms with Gasteiger partial charge in [0.15, 0.2) is 0 Å². The van der Waals surface area contributed by atoms with Crippen molar-refractivity contribution in [3.63, 3.8) is 0 Å². The Morgan fingerprint density at radius 3 is 2.60 bits per heavy atom. The van der Waals surface area contributed by atoms with Gasteiger partial charge in [-0.2, -0.15) is 0 Å². The number of nitro benzene ring substituents is 1. The molecule has 0 radical (unpaired) electrons. The monoisotopic (exact) mass is 445 g/mol. The molecule has 0 bridgehead atoms. The van der Waals surface area contributed by atoms with Crippen molar-refractivity contribution in [3.05, 3.63) is 79.2 Å². The number of carbonyl (C=O) groups excluding carboxylic acids is 3. The summed E-state index contributed by atoms with van der Waals surface area (Å²) >= 11 is 6.57. The van der Waals surface area contributed by atoms with Crippen molar-refractivity contribution < 1.29 is 19.3 Å². The largest absolute Gasteiger partial charge is 0.350 e. The topological polar surface area (TPSA) is 110 Å². The number of nitrogens with one attached hydrogen (secondary N) is 1. The van der Waals surface area contributed by atoms with Crippen LogP contribution in [0, 0.1) is 17.0 Å². The minimum Gasteiger partial charge on any atom is -0.350 e. The average molecular weight is 446 g/mol. The fourth-order valence-corrected chi connectivity index (χ4v) is 3.76. The summed E-state index contributed by atoms with van der Waals surface area (Å²) in [6.07, 6.45) is 1.64. The second kappa shape index (κ2) is 9.10. The number of carbonyl (C=O) groups is 3. The zero-order chi connectivity index (χ0) is 21.8. The predicted octanol–water partition coefficient (Wildman–Crippen LogP) is 4.02. The number of benzene rings is 2. The van der Waals surface area contributed by atoms with Gasteiger partial charge in [-0.3, -0.25) is 29.4 Å². The second-order valence-corrected chi connectivity index (χ2v) is 7.85. The summed E-state index contributed by atoms with van der Waals surface area (Å²) < 4.78 is 0. The van der Waals surface area contributed by atoms with Crippen LogP contribution in [-0.4, -0.2) is 40.0 Å². The van der Waals surface area contributed by atoms with E-state index in [0.29, 0.717) is 4.91 Å². The number of amides is 3. The molecule has 1 heterocycles. The van der Waals surface area contributed by atoms with E-state index >= 15 is 0 Å². The number of halogens is 1. The molecule has 0 unspecified atom stereocenters. The smallest absolute Gasteiger partial charge is 0.293 e. The number of nitro groups is 1. The van der Waals surface area contributed by atoms with Crippen molar-refractivity contribution in [3.8, 4) is 0 Å². The Kier molecular flexibility index (Phi) is 6.53. The normalized spacial score (nSPS) is 15.0. The van der Waals surface area contributed by atoms with Gasteiger partial charge in [0, 0.05) is 24.2 Å². The summed E-state index contributed by atoms with van der Waals surface area (Å²) in [5.74, 6) is -1.14. The summed E-state index contributed by atoms with van der Waals surface area (Å²) in [6.45, 7) is 1.85. The molecule has 3 rings (SSSR count). The van der Waals surface area contributed by atoms with E-state index in [1.807, 2.05) is 31.2 Å². The molecule has 10 heteroatoms. The highest BCUT2D eigenvalue weighted by Gasteiger charge is 2.34. The summed E-state index contributed by atoms with van der Waals surface area (Å²) in [4.78, 5) is 48.7. The highest BCUT2D eigenvalue weighted by molar-refractivity contribution is 8.18. The molecule has 2 aromatic carbocycles. The highest BCUT2D eigenvalue weighted by Crippen LogP contribution is 2.32. The Morgan fingerprint density at radius 2 is 1.93 bits per heavy atom. The summed E-state index contributed by atoms with van der Waals surface area (Å²) in [5.41, 5.74) is 1.30. The molecule has 30 heavy (non-hydrogen) atoms. The van der Waals surface area contributed by atoms with Gasteiger partial charge >= 0.3 is 0 Å². The van der Waals surface area contributed by atoms with E-state index in [0.717, 1.165) is 33.9 Å². The Bertz CT molecular complexity index is 1070. The van der Waals surface area contributed by atoms with Crippen LogP contribution in [0.2, 0.25) is 5.02 Å². The molecule has 1 fully saturated rings. The number of hydrogen-bond acceptors (Lipinski definition) is 6. The van der Waals surface area contributed by atoms with E-state index in [1.54, 1.807) is 6.08 Å². The maximum Gasteiger partial charge on any atom is 0.293 e. The third-order valence-electron chi connectivity index (χ3n) is 4.27. The minimum atomic E-state index is -0.701. The first-order chi connectivity index (χ1) is 14.3. The van der Waals surface area contributed by atoms with Crippen LogP contribution in [0.1, 0.15) is 21.5 Å². The minimum absolute atomic E-state index is 0.0472. The lowest BCUT2D eigenvalue weighted by atomic mass is 10.1. The van der Waals surface area contributed by atoms with Crippen LogP contribution in [0.5, 0.6) is 0 Å². The van der Waals surface area contributed by atoms with E-state index in [9.17, 15) is 24.5 Å². The van der Waals surface area contributed by atoms with Crippen LogP contribution < -0.4 is 5.32 Å². The first kappa shape index (κ1) is 21.5. The number of nitrogens with zero attached hydrogens (tertiary/aromatic N) is 2. The van der Waals surface area contributed by atoms with Gasteiger partial charge in [0.1, 0.15) is 5.56 Å². The molecule has 0 aromatic heterocycles. The number of rotatable bonds is 6. The Balaban J connectivity index is 1.63. The number of aryl methyl sites for hydroxylation is 1. The van der Waals surface area contributed by atoms with Crippen molar-refractivity contribution >= 4 is 52.2 Å². The summed E-state index contributed by atoms with van der Waals surface area (Å²) in [7, 11) is 0. The Hall–Kier alpha value is -3.17. The molecule has 8 nitrogen and oxygen atoms in total. The van der Waals surface area contributed by atoms with Gasteiger partial charge in [0.2, 0.25) is 0 Å². The highest BCUT2D eigenvalue weighted by atomic mass is 35.5. The van der Waals surface area contributed by atoms with E-state index in [-0.39, 0.29) is 23.7 Å². The van der Waals surface area contributed by atoms with Crippen LogP contribution in [-0.2, 0) is 4.79 Å². The van der Waals surface area contributed by atoms with E-state index < -0.39 is 27.7 Å². The maximum atomic E-state index is 12.5. The molecule has 3 amide bonds. The van der Waals surface area contributed by atoms with Crippen molar-refractivity contribution in [1.29, 1.82) is 0 Å². The number of imide groups is 1. The van der Waals surface area contributed by atoms with Crippen molar-refractivity contribution in [2.45, 2.75) is 6.92 Å². The van der Waals surface area contributed by atoms with E-state index in [2.05, 4.69) is 5.32 Å². The molecule has 0 atom stereocenters. The summed E-state index contributed by atoms with van der Waals surface area (Å²) in [6, 6.07) is 11.2. The van der Waals surface area contributed by atoms with Crippen LogP contribution in [0.15, 0.2) is 47.4 Å².